The Morgan fingerprint density at radius 1 is 1.16 bits per heavy atom. The normalized spacial score (nSPS) is 19.8. The maximum atomic E-state index is 14.4. The smallest absolute Gasteiger partial charge is 0.435 e. The Labute approximate surface area is 254 Å². The van der Waals surface area contributed by atoms with Gasteiger partial charge in [0.15, 0.2) is 12.5 Å². The summed E-state index contributed by atoms with van der Waals surface area (Å²) >= 11 is 11.6. The molecule has 0 bridgehead atoms. The van der Waals surface area contributed by atoms with E-state index in [0.717, 1.165) is 12.1 Å². The van der Waals surface area contributed by atoms with Gasteiger partial charge in [-0.05, 0) is 54.4 Å². The molecule has 2 aromatic rings. The topological polar surface area (TPSA) is 99.0 Å². The molecule has 2 atom stereocenters. The molecule has 0 aromatic heterocycles. The van der Waals surface area contributed by atoms with Gasteiger partial charge in [-0.3, -0.25) is 14.5 Å². The number of carbonyl (C=O) groups excluding carboxylic acids is 2. The van der Waals surface area contributed by atoms with E-state index in [9.17, 15) is 27.2 Å². The molecule has 0 saturated carbocycles. The maximum Gasteiger partial charge on any atom is 0.435 e. The fourth-order valence-electron chi connectivity index (χ4n) is 4.42. The molecule has 0 aliphatic carbocycles. The van der Waals surface area contributed by atoms with Crippen molar-refractivity contribution in [3.05, 3.63) is 68.4 Å². The SMILES string of the molecule is CCOC1=NOC(N(COC(=O)C(C)C)C(=O)c2ccc(C3=NO[C@@](c4cc(Cl)c(F)c(Cl)c4)(C(F)(F)F)C3)cc2C)C1. The van der Waals surface area contributed by atoms with Crippen molar-refractivity contribution in [3.63, 3.8) is 0 Å². The van der Waals surface area contributed by atoms with Gasteiger partial charge in [-0.25, -0.2) is 4.39 Å². The predicted octanol–water partition coefficient (Wildman–Crippen LogP) is 6.72. The van der Waals surface area contributed by atoms with Crippen LogP contribution in [0.3, 0.4) is 0 Å². The Hall–Kier alpha value is -3.58. The zero-order valence-electron chi connectivity index (χ0n) is 23.4. The monoisotopic (exact) mass is 647 g/mol. The number of aryl methyl sites for hydroxylation is 1. The second-order valence-electron chi connectivity index (χ2n) is 10.1. The van der Waals surface area contributed by atoms with Gasteiger partial charge in [0, 0.05) is 17.5 Å². The number of alkyl halides is 3. The molecule has 1 unspecified atom stereocenters. The number of esters is 1. The van der Waals surface area contributed by atoms with Gasteiger partial charge in [-0.15, -0.1) is 0 Å². The first-order valence-electron chi connectivity index (χ1n) is 13.1. The van der Waals surface area contributed by atoms with E-state index in [2.05, 4.69) is 10.3 Å². The Morgan fingerprint density at radius 3 is 2.42 bits per heavy atom. The third-order valence-electron chi connectivity index (χ3n) is 6.79. The van der Waals surface area contributed by atoms with Gasteiger partial charge < -0.3 is 19.1 Å². The van der Waals surface area contributed by atoms with Crippen molar-refractivity contribution < 1.29 is 46.3 Å². The lowest BCUT2D eigenvalue weighted by Crippen LogP contribution is -2.43. The first kappa shape index (κ1) is 32.3. The van der Waals surface area contributed by atoms with Crippen LogP contribution in [-0.4, -0.2) is 54.1 Å². The van der Waals surface area contributed by atoms with Crippen LogP contribution in [0.2, 0.25) is 10.0 Å². The van der Waals surface area contributed by atoms with Crippen molar-refractivity contribution in [1.29, 1.82) is 0 Å². The standard InChI is InChI=1S/C28H27Cl2F4N3O6/c1-5-40-22-11-23(42-36-22)37(13-41-26(39)14(2)3)25(38)18-7-6-16(8-15(18)4)21-12-27(43-35-21,28(32,33)34)17-9-19(29)24(31)20(30)10-17/h6-10,14,23H,5,11-13H2,1-4H3/t23?,27-/m0/s1. The molecule has 4 rings (SSSR count). The van der Waals surface area contributed by atoms with Crippen LogP contribution in [0.25, 0.3) is 0 Å². The number of nitrogens with zero attached hydrogens (tertiary/aromatic N) is 3. The van der Waals surface area contributed by atoms with Crippen LogP contribution in [-0.2, 0) is 29.5 Å². The summed E-state index contributed by atoms with van der Waals surface area (Å²) in [4.78, 5) is 37.3. The predicted molar refractivity (Wildman–Crippen MR) is 148 cm³/mol. The molecule has 15 heteroatoms. The highest BCUT2D eigenvalue weighted by Gasteiger charge is 2.62. The highest BCUT2D eigenvalue weighted by molar-refractivity contribution is 6.35. The second-order valence-corrected chi connectivity index (χ2v) is 10.9. The number of hydrogen-bond donors (Lipinski definition) is 0. The number of hydrogen-bond acceptors (Lipinski definition) is 8. The van der Waals surface area contributed by atoms with Gasteiger partial charge in [0.05, 0.1) is 34.7 Å². The molecular weight excluding hydrogens is 621 g/mol. The Bertz CT molecular complexity index is 1460. The first-order chi connectivity index (χ1) is 20.2. The summed E-state index contributed by atoms with van der Waals surface area (Å²) in [6, 6.07) is 5.89. The number of oxime groups is 2. The van der Waals surface area contributed by atoms with E-state index in [1.807, 2.05) is 0 Å². The van der Waals surface area contributed by atoms with Gasteiger partial charge in [0.25, 0.3) is 11.5 Å². The Kier molecular flexibility index (Phi) is 9.45. The summed E-state index contributed by atoms with van der Waals surface area (Å²) in [6.07, 6.45) is -6.57. The van der Waals surface area contributed by atoms with Crippen molar-refractivity contribution in [2.75, 3.05) is 13.3 Å². The largest absolute Gasteiger partial charge is 0.479 e. The molecule has 0 N–H and O–H groups in total. The zero-order chi connectivity index (χ0) is 31.7. The molecule has 43 heavy (non-hydrogen) atoms. The van der Waals surface area contributed by atoms with Crippen LogP contribution < -0.4 is 0 Å². The van der Waals surface area contributed by atoms with E-state index in [4.69, 9.17) is 42.4 Å². The lowest BCUT2D eigenvalue weighted by atomic mass is 9.86. The number of benzene rings is 2. The molecular formula is C28H27Cl2F4N3O6. The van der Waals surface area contributed by atoms with E-state index < -0.39 is 70.4 Å². The molecule has 1 amide bonds. The summed E-state index contributed by atoms with van der Waals surface area (Å²) in [6.45, 7) is 6.52. The average molecular weight is 648 g/mol. The number of ether oxygens (including phenoxy) is 2. The minimum Gasteiger partial charge on any atom is -0.479 e. The van der Waals surface area contributed by atoms with Crippen molar-refractivity contribution in [2.45, 2.75) is 58.5 Å². The van der Waals surface area contributed by atoms with Gasteiger partial charge >= 0.3 is 12.1 Å². The van der Waals surface area contributed by atoms with E-state index in [0.29, 0.717) is 12.2 Å². The number of rotatable bonds is 8. The van der Waals surface area contributed by atoms with Crippen LogP contribution in [0.15, 0.2) is 40.6 Å². The molecule has 2 aliphatic rings. The third kappa shape index (κ3) is 6.52. The van der Waals surface area contributed by atoms with Crippen LogP contribution >= 0.6 is 23.2 Å². The maximum absolute atomic E-state index is 14.4. The molecule has 232 valence electrons. The van der Waals surface area contributed by atoms with Gasteiger partial charge in [-0.1, -0.05) is 48.3 Å². The number of carbonyl (C=O) groups is 2. The van der Waals surface area contributed by atoms with E-state index in [-0.39, 0.29) is 29.2 Å². The molecule has 2 aliphatic heterocycles. The Morgan fingerprint density at radius 2 is 1.84 bits per heavy atom. The molecule has 0 radical (unpaired) electrons. The summed E-state index contributed by atoms with van der Waals surface area (Å²) in [7, 11) is 0. The summed E-state index contributed by atoms with van der Waals surface area (Å²) in [5, 5.41) is 6.33. The first-order valence-corrected chi connectivity index (χ1v) is 13.8. The lowest BCUT2D eigenvalue weighted by Gasteiger charge is -2.29. The zero-order valence-corrected chi connectivity index (χ0v) is 24.9. The number of amides is 1. The van der Waals surface area contributed by atoms with E-state index in [1.54, 1.807) is 27.7 Å². The molecule has 2 heterocycles. The highest BCUT2D eigenvalue weighted by atomic mass is 35.5. The van der Waals surface area contributed by atoms with Crippen LogP contribution in [0.4, 0.5) is 17.6 Å². The molecule has 2 aromatic carbocycles. The van der Waals surface area contributed by atoms with Crippen molar-refractivity contribution in [3.8, 4) is 0 Å². The van der Waals surface area contributed by atoms with Gasteiger partial charge in [-0.2, -0.15) is 13.2 Å². The summed E-state index contributed by atoms with van der Waals surface area (Å²) < 4.78 is 67.8. The van der Waals surface area contributed by atoms with Crippen molar-refractivity contribution in [2.24, 2.45) is 16.2 Å². The minimum atomic E-state index is -4.98. The summed E-state index contributed by atoms with van der Waals surface area (Å²) in [5.74, 6) is -2.36. The fourth-order valence-corrected chi connectivity index (χ4v) is 4.91. The third-order valence-corrected chi connectivity index (χ3v) is 7.34. The van der Waals surface area contributed by atoms with Crippen LogP contribution in [0.5, 0.6) is 0 Å². The number of halogens is 6. The minimum absolute atomic E-state index is 0.0763. The van der Waals surface area contributed by atoms with Gasteiger partial charge in [0.1, 0.15) is 0 Å². The van der Waals surface area contributed by atoms with Crippen molar-refractivity contribution >= 4 is 46.7 Å². The summed E-state index contributed by atoms with van der Waals surface area (Å²) in [5.41, 5.74) is -2.77. The van der Waals surface area contributed by atoms with Crippen molar-refractivity contribution in [1.82, 2.24) is 4.90 Å². The lowest BCUT2D eigenvalue weighted by molar-refractivity contribution is -0.275. The van der Waals surface area contributed by atoms with Crippen LogP contribution in [0.1, 0.15) is 60.7 Å². The van der Waals surface area contributed by atoms with Gasteiger partial charge in [0.2, 0.25) is 12.1 Å². The second kappa shape index (κ2) is 12.6. The van der Waals surface area contributed by atoms with Crippen LogP contribution in [0, 0.1) is 18.7 Å². The average Bonchev–Trinajstić information content (AvgIpc) is 3.60. The quantitative estimate of drug-likeness (QED) is 0.137. The van der Waals surface area contributed by atoms with E-state index >= 15 is 0 Å². The molecule has 0 spiro atoms. The van der Waals surface area contributed by atoms with E-state index in [1.165, 1.54) is 23.1 Å². The Balaban J connectivity index is 1.60. The molecule has 0 saturated heterocycles. The highest BCUT2D eigenvalue weighted by Crippen LogP contribution is 2.50. The fraction of sp³-hybridized carbons (Fsp3) is 0.429. The molecule has 0 fully saturated rings. The molecule has 9 nitrogen and oxygen atoms in total.